The van der Waals surface area contributed by atoms with Gasteiger partial charge in [0.15, 0.2) is 0 Å². The van der Waals surface area contributed by atoms with Crippen LogP contribution in [0, 0.1) is 0 Å². The fourth-order valence-corrected chi connectivity index (χ4v) is 5.30. The minimum absolute atomic E-state index is 0.0540. The van der Waals surface area contributed by atoms with Gasteiger partial charge < -0.3 is 20.9 Å². The number of carboxylic acids is 1. The summed E-state index contributed by atoms with van der Waals surface area (Å²) in [7, 11) is 0. The number of esters is 1. The van der Waals surface area contributed by atoms with Gasteiger partial charge in [-0.15, -0.1) is 0 Å². The fourth-order valence-electron chi connectivity index (χ4n) is 5.30. The van der Waals surface area contributed by atoms with Gasteiger partial charge in [-0.05, 0) is 83.6 Å². The molecule has 44 heavy (non-hydrogen) atoms. The number of aliphatic carboxylic acids is 1. The maximum absolute atomic E-state index is 12.4. The van der Waals surface area contributed by atoms with E-state index >= 15 is 0 Å². The lowest BCUT2D eigenvalue weighted by Crippen LogP contribution is -2.40. The van der Waals surface area contributed by atoms with Crippen molar-refractivity contribution in [3.05, 3.63) is 24.3 Å². The third kappa shape index (κ3) is 28.6. The Labute approximate surface area is 270 Å². The molecular formula is C37H68N2O5. The second-order valence-corrected chi connectivity index (χ2v) is 12.3. The van der Waals surface area contributed by atoms with Crippen molar-refractivity contribution in [2.24, 2.45) is 5.73 Å². The molecule has 7 nitrogen and oxygen atoms in total. The Morgan fingerprint density at radius 2 is 1.23 bits per heavy atom. The van der Waals surface area contributed by atoms with Crippen LogP contribution in [0.4, 0.5) is 0 Å². The smallest absolute Gasteiger partial charge is 0.326 e. The van der Waals surface area contributed by atoms with Gasteiger partial charge in [-0.1, -0.05) is 109 Å². The molecule has 0 aliphatic heterocycles. The van der Waals surface area contributed by atoms with Crippen LogP contribution in [0.2, 0.25) is 0 Å². The number of carbonyl (C=O) groups is 3. The zero-order valence-electron chi connectivity index (χ0n) is 28.5. The average molecular weight is 621 g/mol. The lowest BCUT2D eigenvalue weighted by molar-refractivity contribution is -0.150. The van der Waals surface area contributed by atoms with Crippen molar-refractivity contribution in [2.45, 2.75) is 187 Å². The fraction of sp³-hybridized carbons (Fsp3) is 0.811. The summed E-state index contributed by atoms with van der Waals surface area (Å²) >= 11 is 0. The van der Waals surface area contributed by atoms with E-state index in [-0.39, 0.29) is 18.0 Å². The Hall–Kier alpha value is -2.15. The van der Waals surface area contributed by atoms with E-state index in [1.807, 2.05) is 0 Å². The molecule has 1 amide bonds. The van der Waals surface area contributed by atoms with Crippen molar-refractivity contribution < 1.29 is 24.2 Å². The SMILES string of the molecule is CCCCC/C=C\C/C=C\CCCCCCCCCCCC(=O)OC(CCC)CCCCCC(=O)NC(CCCN)C(=O)O. The molecule has 2 atom stereocenters. The summed E-state index contributed by atoms with van der Waals surface area (Å²) in [6.07, 6.45) is 34.4. The summed E-state index contributed by atoms with van der Waals surface area (Å²) in [6.45, 7) is 4.75. The van der Waals surface area contributed by atoms with Crippen molar-refractivity contribution >= 4 is 17.8 Å². The number of rotatable bonds is 32. The summed E-state index contributed by atoms with van der Waals surface area (Å²) in [5.74, 6) is -1.34. The average Bonchev–Trinajstić information content (AvgIpc) is 3.00. The number of hydrogen-bond donors (Lipinski definition) is 3. The predicted molar refractivity (Wildman–Crippen MR) is 184 cm³/mol. The van der Waals surface area contributed by atoms with Gasteiger partial charge in [-0.3, -0.25) is 9.59 Å². The van der Waals surface area contributed by atoms with Crippen LogP contribution in [0.1, 0.15) is 174 Å². The molecule has 0 heterocycles. The molecule has 0 spiro atoms. The number of amides is 1. The maximum Gasteiger partial charge on any atom is 0.326 e. The first-order valence-corrected chi connectivity index (χ1v) is 18.2. The molecule has 4 N–H and O–H groups in total. The van der Waals surface area contributed by atoms with Crippen LogP contribution >= 0.6 is 0 Å². The van der Waals surface area contributed by atoms with Crippen LogP contribution in [-0.2, 0) is 19.1 Å². The molecule has 0 aromatic rings. The Morgan fingerprint density at radius 3 is 1.82 bits per heavy atom. The van der Waals surface area contributed by atoms with Gasteiger partial charge in [0.25, 0.3) is 0 Å². The highest BCUT2D eigenvalue weighted by Crippen LogP contribution is 2.16. The first-order valence-electron chi connectivity index (χ1n) is 18.2. The lowest BCUT2D eigenvalue weighted by Gasteiger charge is -2.17. The summed E-state index contributed by atoms with van der Waals surface area (Å²) in [5, 5.41) is 11.8. The van der Waals surface area contributed by atoms with Crippen molar-refractivity contribution in [1.82, 2.24) is 5.32 Å². The summed E-state index contributed by atoms with van der Waals surface area (Å²) in [5.41, 5.74) is 5.44. The Kier molecular flexibility index (Phi) is 30.7. The highest BCUT2D eigenvalue weighted by atomic mass is 16.5. The third-order valence-corrected chi connectivity index (χ3v) is 8.00. The molecule has 0 aliphatic rings. The number of allylic oxidation sites excluding steroid dienone is 4. The van der Waals surface area contributed by atoms with E-state index in [1.165, 1.54) is 77.0 Å². The molecular weight excluding hydrogens is 552 g/mol. The molecule has 7 heteroatoms. The van der Waals surface area contributed by atoms with E-state index in [1.54, 1.807) is 0 Å². The summed E-state index contributed by atoms with van der Waals surface area (Å²) < 4.78 is 5.77. The van der Waals surface area contributed by atoms with Crippen molar-refractivity contribution in [2.75, 3.05) is 6.54 Å². The molecule has 0 aromatic heterocycles. The van der Waals surface area contributed by atoms with Gasteiger partial charge in [-0.2, -0.15) is 0 Å². The second-order valence-electron chi connectivity index (χ2n) is 12.3. The van der Waals surface area contributed by atoms with Gasteiger partial charge in [0.2, 0.25) is 5.91 Å². The van der Waals surface area contributed by atoms with E-state index in [0.717, 1.165) is 51.4 Å². The molecule has 0 fully saturated rings. The zero-order valence-corrected chi connectivity index (χ0v) is 28.5. The lowest BCUT2D eigenvalue weighted by atomic mass is 10.0. The van der Waals surface area contributed by atoms with Crippen LogP contribution in [-0.4, -0.2) is 41.6 Å². The van der Waals surface area contributed by atoms with E-state index in [0.29, 0.717) is 38.6 Å². The third-order valence-electron chi connectivity index (χ3n) is 8.00. The number of ether oxygens (including phenoxy) is 1. The van der Waals surface area contributed by atoms with E-state index in [4.69, 9.17) is 10.5 Å². The topological polar surface area (TPSA) is 119 Å². The minimum atomic E-state index is -1.02. The van der Waals surface area contributed by atoms with Gasteiger partial charge in [0.05, 0.1) is 0 Å². The van der Waals surface area contributed by atoms with E-state index < -0.39 is 12.0 Å². The molecule has 0 saturated heterocycles. The number of nitrogens with one attached hydrogen (secondary N) is 1. The first kappa shape index (κ1) is 41.9. The molecule has 0 aromatic carbocycles. The Morgan fingerprint density at radius 1 is 0.659 bits per heavy atom. The molecule has 0 aliphatic carbocycles. The summed E-state index contributed by atoms with van der Waals surface area (Å²) in [6, 6.07) is -0.871. The summed E-state index contributed by atoms with van der Waals surface area (Å²) in [4.78, 5) is 35.7. The number of carbonyl (C=O) groups excluding carboxylic acids is 2. The normalized spacial score (nSPS) is 13.0. The van der Waals surface area contributed by atoms with Crippen LogP contribution in [0.3, 0.4) is 0 Å². The standard InChI is InChI=1S/C37H68N2O5/c1-3-5-6-7-8-9-10-11-12-13-14-15-16-17-18-19-20-21-25-31-36(41)44-33(27-4-2)28-23-22-24-30-35(40)39-34(37(42)43)29-26-32-38/h8-9,11-12,33-34H,3-7,10,13-32,38H2,1-2H3,(H,39,40)(H,42,43)/b9-8-,12-11-. The monoisotopic (exact) mass is 621 g/mol. The van der Waals surface area contributed by atoms with Crippen molar-refractivity contribution in [1.29, 1.82) is 0 Å². The zero-order chi connectivity index (χ0) is 32.5. The Bertz CT molecular complexity index is 752. The molecule has 2 unspecified atom stereocenters. The number of unbranched alkanes of at least 4 members (excludes halogenated alkanes) is 14. The van der Waals surface area contributed by atoms with E-state index in [2.05, 4.69) is 43.5 Å². The highest BCUT2D eigenvalue weighted by Gasteiger charge is 2.19. The predicted octanol–water partition coefficient (Wildman–Crippen LogP) is 9.33. The molecule has 0 saturated carbocycles. The first-order chi connectivity index (χ1) is 21.4. The number of carboxylic acid groups (broad SMARTS) is 1. The maximum atomic E-state index is 12.4. The van der Waals surface area contributed by atoms with Crippen LogP contribution < -0.4 is 11.1 Å². The van der Waals surface area contributed by atoms with Crippen LogP contribution in [0.15, 0.2) is 24.3 Å². The molecule has 0 bridgehead atoms. The van der Waals surface area contributed by atoms with E-state index in [9.17, 15) is 19.5 Å². The quantitative estimate of drug-likeness (QED) is 0.0392. The number of hydrogen-bond acceptors (Lipinski definition) is 5. The largest absolute Gasteiger partial charge is 0.480 e. The molecule has 256 valence electrons. The van der Waals surface area contributed by atoms with Crippen LogP contribution in [0.5, 0.6) is 0 Å². The van der Waals surface area contributed by atoms with Crippen LogP contribution in [0.25, 0.3) is 0 Å². The van der Waals surface area contributed by atoms with Crippen molar-refractivity contribution in [3.63, 3.8) is 0 Å². The number of nitrogens with two attached hydrogens (primary N) is 1. The highest BCUT2D eigenvalue weighted by molar-refractivity contribution is 5.83. The second kappa shape index (κ2) is 32.2. The minimum Gasteiger partial charge on any atom is -0.480 e. The molecule has 0 rings (SSSR count). The van der Waals surface area contributed by atoms with Gasteiger partial charge in [0, 0.05) is 12.8 Å². The molecule has 0 radical (unpaired) electrons. The van der Waals surface area contributed by atoms with Crippen molar-refractivity contribution in [3.8, 4) is 0 Å². The Balaban J connectivity index is 3.75. The van der Waals surface area contributed by atoms with Gasteiger partial charge in [-0.25, -0.2) is 4.79 Å². The van der Waals surface area contributed by atoms with Gasteiger partial charge in [0.1, 0.15) is 12.1 Å². The van der Waals surface area contributed by atoms with Gasteiger partial charge >= 0.3 is 11.9 Å².